The molecule has 1 aromatic carbocycles. The van der Waals surface area contributed by atoms with Crippen LogP contribution in [0, 0.1) is 6.92 Å². The number of hydrogen-bond donors (Lipinski definition) is 2. The summed E-state index contributed by atoms with van der Waals surface area (Å²) in [6.45, 7) is 1.97. The average molecular weight is 353 g/mol. The predicted molar refractivity (Wildman–Crippen MR) is 94.3 cm³/mol. The maximum Gasteiger partial charge on any atom is 0.238 e. The fraction of sp³-hybridized carbons (Fsp3) is 0.0588. The highest BCUT2D eigenvalue weighted by atomic mass is 32.2. The van der Waals surface area contributed by atoms with Crippen LogP contribution in [0.25, 0.3) is 28.0 Å². The molecule has 0 atom stereocenters. The maximum absolute atomic E-state index is 11.4. The van der Waals surface area contributed by atoms with E-state index in [1.165, 1.54) is 12.1 Å². The number of aromatic amines is 1. The van der Waals surface area contributed by atoms with Crippen molar-refractivity contribution in [2.45, 2.75) is 11.8 Å². The molecule has 3 heterocycles. The van der Waals surface area contributed by atoms with E-state index in [4.69, 9.17) is 5.14 Å². The van der Waals surface area contributed by atoms with E-state index in [1.807, 2.05) is 29.7 Å². The van der Waals surface area contributed by atoms with Gasteiger partial charge in [0.15, 0.2) is 0 Å². The molecule has 3 aromatic heterocycles. The van der Waals surface area contributed by atoms with Crippen LogP contribution < -0.4 is 5.14 Å². The fourth-order valence-corrected chi connectivity index (χ4v) is 3.33. The highest BCUT2D eigenvalue weighted by Crippen LogP contribution is 2.26. The molecule has 0 aliphatic heterocycles. The monoisotopic (exact) mass is 353 g/mol. The molecule has 25 heavy (non-hydrogen) atoms. The maximum atomic E-state index is 11.4. The number of nitrogens with zero attached hydrogens (tertiary/aromatic N) is 3. The lowest BCUT2D eigenvalue weighted by atomic mass is 10.1. The Morgan fingerprint density at radius 2 is 1.76 bits per heavy atom. The number of sulfonamides is 1. The van der Waals surface area contributed by atoms with Crippen LogP contribution in [0.2, 0.25) is 0 Å². The van der Waals surface area contributed by atoms with Crippen LogP contribution in [0.1, 0.15) is 5.69 Å². The zero-order chi connectivity index (χ0) is 17.6. The minimum absolute atomic E-state index is 0.0831. The van der Waals surface area contributed by atoms with Gasteiger partial charge in [0.25, 0.3) is 0 Å². The Bertz CT molecular complexity index is 1170. The zero-order valence-corrected chi connectivity index (χ0v) is 14.2. The van der Waals surface area contributed by atoms with Gasteiger partial charge in [-0.15, -0.1) is 0 Å². The second-order valence-electron chi connectivity index (χ2n) is 5.77. The molecule has 0 amide bonds. The number of imidazole rings is 1. The molecule has 0 fully saturated rings. The van der Waals surface area contributed by atoms with Crippen molar-refractivity contribution in [1.29, 1.82) is 0 Å². The smallest absolute Gasteiger partial charge is 0.238 e. The highest BCUT2D eigenvalue weighted by Gasteiger charge is 2.11. The molecule has 0 aliphatic rings. The minimum atomic E-state index is -3.70. The topological polar surface area (TPSA) is 106 Å². The molecular weight excluding hydrogens is 338 g/mol. The number of primary sulfonamides is 1. The predicted octanol–water partition coefficient (Wildman–Crippen LogP) is 2.35. The van der Waals surface area contributed by atoms with Crippen LogP contribution in [-0.2, 0) is 10.0 Å². The number of aryl methyl sites for hydroxylation is 1. The number of fused-ring (bicyclic) bond motifs is 1. The van der Waals surface area contributed by atoms with Crippen molar-refractivity contribution in [2.75, 3.05) is 0 Å². The van der Waals surface area contributed by atoms with Crippen molar-refractivity contribution in [3.8, 4) is 22.4 Å². The zero-order valence-electron chi connectivity index (χ0n) is 13.3. The van der Waals surface area contributed by atoms with Gasteiger partial charge in [-0.05, 0) is 31.2 Å². The lowest BCUT2D eigenvalue weighted by molar-refractivity contribution is 0.598. The van der Waals surface area contributed by atoms with Crippen LogP contribution >= 0.6 is 0 Å². The number of benzene rings is 1. The number of rotatable bonds is 3. The molecule has 4 aromatic rings. The summed E-state index contributed by atoms with van der Waals surface area (Å²) in [6, 6.07) is 10.4. The van der Waals surface area contributed by atoms with Gasteiger partial charge < -0.3 is 0 Å². The Labute approximate surface area is 144 Å². The average Bonchev–Trinajstić information content (AvgIpc) is 3.19. The van der Waals surface area contributed by atoms with Gasteiger partial charge in [-0.3, -0.25) is 9.50 Å². The van der Waals surface area contributed by atoms with Gasteiger partial charge in [0, 0.05) is 28.6 Å². The third kappa shape index (κ3) is 2.71. The lowest BCUT2D eigenvalue weighted by Crippen LogP contribution is -2.11. The first-order valence-corrected chi connectivity index (χ1v) is 9.09. The van der Waals surface area contributed by atoms with E-state index >= 15 is 0 Å². The Kier molecular flexibility index (Phi) is 3.45. The molecule has 4 rings (SSSR count). The summed E-state index contributed by atoms with van der Waals surface area (Å²) in [5.41, 5.74) is 5.53. The third-order valence-electron chi connectivity index (χ3n) is 4.13. The molecule has 0 aliphatic carbocycles. The standard InChI is InChI=1S/C17H15N5O2S/c1-11-15(8-20-21-11)13-4-7-17-19-9-16(22(17)10-13)12-2-5-14(6-3-12)25(18,23)24/h2-10H,1H3,(H,20,21)(H2,18,23,24). The van der Waals surface area contributed by atoms with Crippen LogP contribution in [-0.4, -0.2) is 28.0 Å². The number of hydrogen-bond acceptors (Lipinski definition) is 4. The largest absolute Gasteiger partial charge is 0.299 e. The van der Waals surface area contributed by atoms with Crippen LogP contribution in [0.5, 0.6) is 0 Å². The molecule has 0 saturated heterocycles. The summed E-state index contributed by atoms with van der Waals surface area (Å²) in [7, 11) is -3.70. The van der Waals surface area contributed by atoms with Crippen LogP contribution in [0.3, 0.4) is 0 Å². The van der Waals surface area contributed by atoms with Gasteiger partial charge in [-0.1, -0.05) is 12.1 Å². The molecule has 0 bridgehead atoms. The van der Waals surface area contributed by atoms with Crippen molar-refractivity contribution in [3.05, 3.63) is 60.7 Å². The third-order valence-corrected chi connectivity index (χ3v) is 5.05. The number of pyridine rings is 1. The minimum Gasteiger partial charge on any atom is -0.299 e. The SMILES string of the molecule is Cc1[nH]ncc1-c1ccc2ncc(-c3ccc(S(N)(=O)=O)cc3)n2c1. The molecule has 0 radical (unpaired) electrons. The van der Waals surface area contributed by atoms with Crippen molar-refractivity contribution in [1.82, 2.24) is 19.6 Å². The van der Waals surface area contributed by atoms with Gasteiger partial charge in [0.1, 0.15) is 5.65 Å². The Balaban J connectivity index is 1.84. The van der Waals surface area contributed by atoms with E-state index in [9.17, 15) is 8.42 Å². The first kappa shape index (κ1) is 15.6. The summed E-state index contributed by atoms with van der Waals surface area (Å²) >= 11 is 0. The second kappa shape index (κ2) is 5.54. The molecular formula is C17H15N5O2S. The summed E-state index contributed by atoms with van der Waals surface area (Å²) < 4.78 is 24.8. The Morgan fingerprint density at radius 3 is 2.40 bits per heavy atom. The fourth-order valence-electron chi connectivity index (χ4n) is 2.81. The van der Waals surface area contributed by atoms with Gasteiger partial charge >= 0.3 is 0 Å². The lowest BCUT2D eigenvalue weighted by Gasteiger charge is -2.06. The quantitative estimate of drug-likeness (QED) is 0.589. The van der Waals surface area contributed by atoms with Gasteiger partial charge in [-0.2, -0.15) is 5.10 Å². The van der Waals surface area contributed by atoms with E-state index in [0.717, 1.165) is 33.7 Å². The number of nitrogens with two attached hydrogens (primary N) is 1. The summed E-state index contributed by atoms with van der Waals surface area (Å²) in [5, 5.41) is 12.1. The molecule has 126 valence electrons. The van der Waals surface area contributed by atoms with Crippen molar-refractivity contribution in [3.63, 3.8) is 0 Å². The molecule has 0 spiro atoms. The second-order valence-corrected chi connectivity index (χ2v) is 7.33. The van der Waals surface area contributed by atoms with Crippen molar-refractivity contribution >= 4 is 15.7 Å². The van der Waals surface area contributed by atoms with E-state index in [0.29, 0.717) is 0 Å². The summed E-state index contributed by atoms with van der Waals surface area (Å²) in [4.78, 5) is 4.49. The van der Waals surface area contributed by atoms with Crippen LogP contribution in [0.15, 0.2) is 59.9 Å². The van der Waals surface area contributed by atoms with E-state index in [-0.39, 0.29) is 4.90 Å². The van der Waals surface area contributed by atoms with Crippen molar-refractivity contribution < 1.29 is 8.42 Å². The molecule has 0 unspecified atom stereocenters. The van der Waals surface area contributed by atoms with Gasteiger partial charge in [0.05, 0.1) is 23.0 Å². The number of aromatic nitrogens is 4. The van der Waals surface area contributed by atoms with Crippen LogP contribution in [0.4, 0.5) is 0 Å². The Hall–Kier alpha value is -2.97. The highest BCUT2D eigenvalue weighted by molar-refractivity contribution is 7.89. The van der Waals surface area contributed by atoms with Gasteiger partial charge in [-0.25, -0.2) is 18.5 Å². The van der Waals surface area contributed by atoms with E-state index in [2.05, 4.69) is 15.2 Å². The molecule has 3 N–H and O–H groups in total. The first-order valence-electron chi connectivity index (χ1n) is 7.54. The number of nitrogens with one attached hydrogen (secondary N) is 1. The Morgan fingerprint density at radius 1 is 1.04 bits per heavy atom. The van der Waals surface area contributed by atoms with Crippen molar-refractivity contribution in [2.24, 2.45) is 5.14 Å². The summed E-state index contributed by atoms with van der Waals surface area (Å²) in [5.74, 6) is 0. The molecule has 7 nitrogen and oxygen atoms in total. The first-order chi connectivity index (χ1) is 11.9. The van der Waals surface area contributed by atoms with Gasteiger partial charge in [0.2, 0.25) is 10.0 Å². The molecule has 0 saturated carbocycles. The number of H-pyrrole nitrogens is 1. The van der Waals surface area contributed by atoms with E-state index in [1.54, 1.807) is 24.5 Å². The normalized spacial score (nSPS) is 11.9. The van der Waals surface area contributed by atoms with E-state index < -0.39 is 10.0 Å². The summed E-state index contributed by atoms with van der Waals surface area (Å²) in [6.07, 6.45) is 5.53. The molecule has 8 heteroatoms.